The molecule has 0 radical (unpaired) electrons. The molecule has 2 atom stereocenters. The van der Waals surface area contributed by atoms with Crippen molar-refractivity contribution in [2.75, 3.05) is 57.9 Å². The lowest BCUT2D eigenvalue weighted by atomic mass is 9.89. The van der Waals surface area contributed by atoms with Gasteiger partial charge in [0, 0.05) is 48.1 Å². The minimum Gasteiger partial charge on any atom is -0.492 e. The van der Waals surface area contributed by atoms with E-state index in [0.717, 1.165) is 71.0 Å². The first kappa shape index (κ1) is 31.2. The number of aromatic nitrogens is 2. The fraction of sp³-hybridized carbons (Fsp3) is 0.389. The van der Waals surface area contributed by atoms with Gasteiger partial charge < -0.3 is 24.2 Å². The van der Waals surface area contributed by atoms with E-state index in [-0.39, 0.29) is 25.5 Å². The fourth-order valence-corrected chi connectivity index (χ4v) is 7.54. The van der Waals surface area contributed by atoms with Crippen LogP contribution in [0.3, 0.4) is 0 Å². The Morgan fingerprint density at radius 2 is 1.98 bits per heavy atom. The summed E-state index contributed by atoms with van der Waals surface area (Å²) in [4.78, 5) is 28.3. The minimum absolute atomic E-state index is 0.0394. The van der Waals surface area contributed by atoms with Crippen molar-refractivity contribution in [2.45, 2.75) is 31.7 Å². The molecule has 4 aromatic rings. The number of carbonyl (C=O) groups is 1. The zero-order valence-electron chi connectivity index (χ0n) is 26.3. The number of rotatable bonds is 7. The Labute approximate surface area is 278 Å². The van der Waals surface area contributed by atoms with Crippen LogP contribution in [-0.4, -0.2) is 84.7 Å². The number of piperazine rings is 1. The van der Waals surface area contributed by atoms with E-state index >= 15 is 0 Å². The number of hydrogen-bond donors (Lipinski definition) is 0. The highest BCUT2D eigenvalue weighted by molar-refractivity contribution is 6.36. The van der Waals surface area contributed by atoms with Crippen LogP contribution in [0.25, 0.3) is 32.8 Å². The predicted molar refractivity (Wildman–Crippen MR) is 181 cm³/mol. The molecule has 3 aromatic carbocycles. The summed E-state index contributed by atoms with van der Waals surface area (Å²) in [5, 5.41) is 13.1. The van der Waals surface area contributed by atoms with E-state index < -0.39 is 17.8 Å². The van der Waals surface area contributed by atoms with Gasteiger partial charge in [0.15, 0.2) is 5.83 Å². The molecular weight excluding hydrogens is 619 g/mol. The van der Waals surface area contributed by atoms with E-state index in [9.17, 15) is 14.4 Å². The molecule has 2 unspecified atom stereocenters. The monoisotopic (exact) mass is 654 g/mol. The quantitative estimate of drug-likeness (QED) is 0.218. The number of nitrogens with zero attached hydrogens (tertiary/aromatic N) is 6. The van der Waals surface area contributed by atoms with E-state index in [1.807, 2.05) is 23.1 Å². The van der Waals surface area contributed by atoms with Crippen LogP contribution in [-0.2, 0) is 11.2 Å². The molecule has 2 saturated heterocycles. The molecule has 47 heavy (non-hydrogen) atoms. The summed E-state index contributed by atoms with van der Waals surface area (Å²) in [6.07, 6.45) is 2.73. The van der Waals surface area contributed by atoms with Crippen molar-refractivity contribution in [3.63, 3.8) is 0 Å². The summed E-state index contributed by atoms with van der Waals surface area (Å²) in [6, 6.07) is 16.1. The van der Waals surface area contributed by atoms with Gasteiger partial charge in [-0.2, -0.15) is 15.2 Å². The average molecular weight is 655 g/mol. The Bertz CT molecular complexity index is 1920. The molecule has 0 saturated carbocycles. The van der Waals surface area contributed by atoms with E-state index in [4.69, 9.17) is 31.0 Å². The van der Waals surface area contributed by atoms with Crippen LogP contribution < -0.4 is 14.4 Å². The molecule has 242 valence electrons. The SMILES string of the molecule is C=C(F)C(=O)N1CCN(c2nc(OCC3CCN(C)C3)nc3cc(-c4cccc5cccc(Cl)c45)c4c(c23)OCCC4)CC1CC#N. The molecule has 0 spiro atoms. The third-order valence-corrected chi connectivity index (χ3v) is 9.82. The molecule has 0 aliphatic carbocycles. The van der Waals surface area contributed by atoms with Crippen LogP contribution in [0, 0.1) is 17.2 Å². The summed E-state index contributed by atoms with van der Waals surface area (Å²) < 4.78 is 26.7. The Morgan fingerprint density at radius 1 is 1.15 bits per heavy atom. The second-order valence-electron chi connectivity index (χ2n) is 12.6. The highest BCUT2D eigenvalue weighted by Gasteiger charge is 2.35. The number of hydrogen-bond acceptors (Lipinski definition) is 8. The average Bonchev–Trinajstić information content (AvgIpc) is 3.51. The maximum atomic E-state index is 14.0. The third kappa shape index (κ3) is 5.94. The lowest BCUT2D eigenvalue weighted by Gasteiger charge is -2.41. The van der Waals surface area contributed by atoms with Gasteiger partial charge in [-0.1, -0.05) is 48.5 Å². The maximum Gasteiger partial charge on any atom is 0.318 e. The number of carbonyl (C=O) groups excluding carboxylic acids is 1. The molecule has 4 heterocycles. The summed E-state index contributed by atoms with van der Waals surface area (Å²) in [5.74, 6) is -0.123. The molecule has 3 aliphatic rings. The Kier molecular flexibility index (Phi) is 8.60. The van der Waals surface area contributed by atoms with E-state index in [2.05, 4.69) is 48.9 Å². The fourth-order valence-electron chi connectivity index (χ4n) is 7.25. The van der Waals surface area contributed by atoms with Gasteiger partial charge in [-0.15, -0.1) is 0 Å². The molecular formula is C36H36ClFN6O3. The molecule has 3 aliphatic heterocycles. The first-order valence-corrected chi connectivity index (χ1v) is 16.5. The zero-order chi connectivity index (χ0) is 32.7. The normalized spacial score (nSPS) is 19.8. The molecule has 9 nitrogen and oxygen atoms in total. The molecule has 0 N–H and O–H groups in total. The van der Waals surface area contributed by atoms with Crippen molar-refractivity contribution in [3.8, 4) is 29.0 Å². The number of likely N-dealkylation sites (tertiary alicyclic amines) is 1. The highest BCUT2D eigenvalue weighted by Crippen LogP contribution is 2.46. The van der Waals surface area contributed by atoms with Gasteiger partial charge in [0.1, 0.15) is 11.6 Å². The lowest BCUT2D eigenvalue weighted by molar-refractivity contribution is -0.131. The van der Waals surface area contributed by atoms with Crippen LogP contribution in [0.5, 0.6) is 11.8 Å². The van der Waals surface area contributed by atoms with Crippen LogP contribution in [0.1, 0.15) is 24.8 Å². The van der Waals surface area contributed by atoms with Gasteiger partial charge in [-0.05, 0) is 61.5 Å². The third-order valence-electron chi connectivity index (χ3n) is 9.51. The van der Waals surface area contributed by atoms with Crippen molar-refractivity contribution in [1.82, 2.24) is 19.8 Å². The number of anilines is 1. The van der Waals surface area contributed by atoms with Crippen LogP contribution in [0.15, 0.2) is 54.9 Å². The van der Waals surface area contributed by atoms with Crippen molar-refractivity contribution >= 4 is 45.0 Å². The Hall–Kier alpha value is -4.46. The lowest BCUT2D eigenvalue weighted by Crippen LogP contribution is -2.55. The summed E-state index contributed by atoms with van der Waals surface area (Å²) in [7, 11) is 2.11. The van der Waals surface area contributed by atoms with Crippen LogP contribution in [0.2, 0.25) is 5.02 Å². The Morgan fingerprint density at radius 3 is 2.74 bits per heavy atom. The number of benzene rings is 3. The van der Waals surface area contributed by atoms with Gasteiger partial charge >= 0.3 is 6.01 Å². The van der Waals surface area contributed by atoms with Gasteiger partial charge in [-0.25, -0.2) is 4.39 Å². The second-order valence-corrected chi connectivity index (χ2v) is 13.1. The summed E-state index contributed by atoms with van der Waals surface area (Å²) >= 11 is 6.81. The van der Waals surface area contributed by atoms with Gasteiger partial charge in [0.05, 0.1) is 42.6 Å². The van der Waals surface area contributed by atoms with Crippen LogP contribution >= 0.6 is 11.6 Å². The highest BCUT2D eigenvalue weighted by atomic mass is 35.5. The minimum atomic E-state index is -1.04. The van der Waals surface area contributed by atoms with Crippen molar-refractivity contribution in [1.29, 1.82) is 5.26 Å². The molecule has 1 aromatic heterocycles. The van der Waals surface area contributed by atoms with Gasteiger partial charge in [0.25, 0.3) is 5.91 Å². The van der Waals surface area contributed by atoms with E-state index in [0.29, 0.717) is 42.0 Å². The molecule has 2 fully saturated rings. The number of nitriles is 1. The largest absolute Gasteiger partial charge is 0.492 e. The smallest absolute Gasteiger partial charge is 0.318 e. The predicted octanol–water partition coefficient (Wildman–Crippen LogP) is 6.17. The van der Waals surface area contributed by atoms with Gasteiger partial charge in [-0.3, -0.25) is 4.79 Å². The molecule has 0 bridgehead atoms. The summed E-state index contributed by atoms with van der Waals surface area (Å²) in [5.41, 5.74) is 3.72. The molecule has 1 amide bonds. The summed E-state index contributed by atoms with van der Waals surface area (Å²) in [6.45, 7) is 7.06. The topological polar surface area (TPSA) is 94.8 Å². The number of ether oxygens (including phenoxy) is 2. The zero-order valence-corrected chi connectivity index (χ0v) is 27.1. The van der Waals surface area contributed by atoms with Gasteiger partial charge in [0.2, 0.25) is 0 Å². The standard InChI is InChI=1S/C36H36ClFN6O3/c1-22(38)35(45)44-16-15-43(20-25(44)11-13-39)34-32-30(40-36(41-34)47-21-23-12-14-42(2)19-23)18-28(27-9-5-17-46-33(27)32)26-8-3-6-24-7-4-10-29(37)31(24)26/h3-4,6-8,10,18,23,25H,1,5,9,11-12,14-17,19-21H2,2H3. The van der Waals surface area contributed by atoms with Crippen molar-refractivity contribution in [2.24, 2.45) is 5.92 Å². The number of amides is 1. The molecule has 11 heteroatoms. The van der Waals surface area contributed by atoms with E-state index in [1.165, 1.54) is 4.90 Å². The van der Waals surface area contributed by atoms with E-state index in [1.54, 1.807) is 0 Å². The second kappa shape index (κ2) is 13.0. The number of fused-ring (bicyclic) bond motifs is 4. The first-order chi connectivity index (χ1) is 22.8. The Balaban J connectivity index is 1.39. The van der Waals surface area contributed by atoms with Crippen molar-refractivity contribution < 1.29 is 18.7 Å². The number of halogens is 2. The van der Waals surface area contributed by atoms with Crippen molar-refractivity contribution in [3.05, 3.63) is 65.5 Å². The first-order valence-electron chi connectivity index (χ1n) is 16.1. The van der Waals surface area contributed by atoms with Crippen LogP contribution in [0.4, 0.5) is 10.2 Å². The molecule has 7 rings (SSSR count). The maximum absolute atomic E-state index is 14.0.